The van der Waals surface area contributed by atoms with Crippen LogP contribution in [0.15, 0.2) is 36.9 Å². The van der Waals surface area contributed by atoms with Crippen LogP contribution in [0, 0.1) is 23.7 Å². The summed E-state index contributed by atoms with van der Waals surface area (Å²) in [5, 5.41) is 16.8. The highest BCUT2D eigenvalue weighted by atomic mass is 16.5. The Hall–Kier alpha value is -3.47. The number of ether oxygens (including phenoxy) is 1. The largest absolute Gasteiger partial charge is 0.476 e. The van der Waals surface area contributed by atoms with Gasteiger partial charge >= 0.3 is 0 Å². The molecule has 0 saturated heterocycles. The summed E-state index contributed by atoms with van der Waals surface area (Å²) in [4.78, 5) is 13.4. The molecule has 3 aromatic rings. The molecular formula is C21H21N7O. The van der Waals surface area contributed by atoms with Crippen molar-refractivity contribution >= 4 is 11.6 Å². The summed E-state index contributed by atoms with van der Waals surface area (Å²) < 4.78 is 7.67. The van der Waals surface area contributed by atoms with E-state index in [1.807, 2.05) is 29.9 Å². The number of hydrogen-bond acceptors (Lipinski definition) is 7. The molecule has 29 heavy (non-hydrogen) atoms. The van der Waals surface area contributed by atoms with E-state index < -0.39 is 0 Å². The first-order chi connectivity index (χ1) is 14.1. The number of anilines is 2. The number of hydrogen-bond donors (Lipinski definition) is 1. The van der Waals surface area contributed by atoms with Gasteiger partial charge in [0.2, 0.25) is 11.8 Å². The average Bonchev–Trinajstić information content (AvgIpc) is 3.68. The summed E-state index contributed by atoms with van der Waals surface area (Å²) in [5.41, 5.74) is 3.22. The Morgan fingerprint density at radius 1 is 1.24 bits per heavy atom. The molecule has 2 aliphatic rings. The zero-order chi connectivity index (χ0) is 19.8. The van der Waals surface area contributed by atoms with Crippen molar-refractivity contribution in [3.8, 4) is 23.2 Å². The SMILES string of the molecule is Cc1cnc(Nc2cnn(C3CC3)c2)nc1-c1ccc(OCC2(C#N)CC2)nc1. The van der Waals surface area contributed by atoms with Crippen LogP contribution in [0.1, 0.15) is 37.3 Å². The van der Waals surface area contributed by atoms with Crippen molar-refractivity contribution in [2.24, 2.45) is 5.41 Å². The van der Waals surface area contributed by atoms with Gasteiger partial charge in [0, 0.05) is 30.2 Å². The van der Waals surface area contributed by atoms with Crippen LogP contribution in [0.4, 0.5) is 11.6 Å². The average molecular weight is 387 g/mol. The monoisotopic (exact) mass is 387 g/mol. The van der Waals surface area contributed by atoms with Gasteiger partial charge in [0.15, 0.2) is 0 Å². The molecule has 3 aromatic heterocycles. The molecule has 2 saturated carbocycles. The predicted octanol–water partition coefficient (Wildman–Crippen LogP) is 3.80. The fourth-order valence-corrected chi connectivity index (χ4v) is 3.12. The Bertz CT molecular complexity index is 1080. The molecule has 2 aliphatic carbocycles. The number of aromatic nitrogens is 5. The lowest BCUT2D eigenvalue weighted by Gasteiger charge is -2.10. The molecule has 8 heteroatoms. The van der Waals surface area contributed by atoms with Gasteiger partial charge in [-0.05, 0) is 44.2 Å². The first-order valence-electron chi connectivity index (χ1n) is 9.79. The normalized spacial score (nSPS) is 16.8. The zero-order valence-corrected chi connectivity index (χ0v) is 16.2. The molecule has 1 N–H and O–H groups in total. The molecule has 146 valence electrons. The van der Waals surface area contributed by atoms with Crippen molar-refractivity contribution < 1.29 is 4.74 Å². The van der Waals surface area contributed by atoms with Gasteiger partial charge in [-0.2, -0.15) is 10.4 Å². The van der Waals surface area contributed by atoms with Crippen LogP contribution in [0.2, 0.25) is 0 Å². The lowest BCUT2D eigenvalue weighted by Crippen LogP contribution is -2.11. The van der Waals surface area contributed by atoms with Crippen LogP contribution < -0.4 is 10.1 Å². The first-order valence-corrected chi connectivity index (χ1v) is 9.79. The molecule has 0 unspecified atom stereocenters. The summed E-state index contributed by atoms with van der Waals surface area (Å²) in [6.45, 7) is 2.36. The first kappa shape index (κ1) is 17.6. The Morgan fingerprint density at radius 2 is 2.10 bits per heavy atom. The van der Waals surface area contributed by atoms with E-state index in [0.717, 1.165) is 35.3 Å². The summed E-state index contributed by atoms with van der Waals surface area (Å²) in [5.74, 6) is 1.04. The quantitative estimate of drug-likeness (QED) is 0.658. The molecule has 0 amide bonds. The Kier molecular flexibility index (Phi) is 4.16. The molecular weight excluding hydrogens is 366 g/mol. The van der Waals surface area contributed by atoms with E-state index in [4.69, 9.17) is 10.00 Å². The fraction of sp³-hybridized carbons (Fsp3) is 0.381. The second-order valence-corrected chi connectivity index (χ2v) is 7.86. The van der Waals surface area contributed by atoms with Crippen LogP contribution in [0.3, 0.4) is 0 Å². The van der Waals surface area contributed by atoms with Crippen molar-refractivity contribution in [2.45, 2.75) is 38.6 Å². The van der Waals surface area contributed by atoms with E-state index in [9.17, 15) is 0 Å². The topological polar surface area (TPSA) is 102 Å². The Morgan fingerprint density at radius 3 is 2.79 bits per heavy atom. The van der Waals surface area contributed by atoms with Gasteiger partial charge < -0.3 is 10.1 Å². The van der Waals surface area contributed by atoms with Gasteiger partial charge in [-0.15, -0.1) is 0 Å². The zero-order valence-electron chi connectivity index (χ0n) is 16.2. The van der Waals surface area contributed by atoms with Crippen molar-refractivity contribution in [3.05, 3.63) is 42.5 Å². The third kappa shape index (κ3) is 3.76. The highest BCUT2D eigenvalue weighted by Gasteiger charge is 2.44. The molecule has 0 bridgehead atoms. The molecule has 5 rings (SSSR count). The fourth-order valence-electron chi connectivity index (χ4n) is 3.12. The second kappa shape index (κ2) is 6.85. The maximum absolute atomic E-state index is 9.15. The molecule has 3 heterocycles. The Labute approximate surface area is 168 Å². The van der Waals surface area contributed by atoms with Crippen molar-refractivity contribution in [3.63, 3.8) is 0 Å². The van der Waals surface area contributed by atoms with E-state index >= 15 is 0 Å². The molecule has 0 aliphatic heterocycles. The third-order valence-electron chi connectivity index (χ3n) is 5.35. The van der Waals surface area contributed by atoms with Gasteiger partial charge in [0.25, 0.3) is 0 Å². The highest BCUT2D eigenvalue weighted by Crippen LogP contribution is 2.45. The standard InChI is InChI=1S/C21H21N7O/c1-14-8-24-20(26-16-10-25-28(11-16)17-3-4-17)27-19(14)15-2-5-18(23-9-15)29-13-21(12-22)6-7-21/h2,5,8-11,17H,3-4,6-7,13H2,1H3,(H,24,26,27). The third-order valence-corrected chi connectivity index (χ3v) is 5.35. The minimum absolute atomic E-state index is 0.308. The van der Waals surface area contributed by atoms with Gasteiger partial charge in [0.1, 0.15) is 6.61 Å². The molecule has 8 nitrogen and oxygen atoms in total. The van der Waals surface area contributed by atoms with Crippen molar-refractivity contribution in [2.75, 3.05) is 11.9 Å². The van der Waals surface area contributed by atoms with E-state index in [1.165, 1.54) is 12.8 Å². The highest BCUT2D eigenvalue weighted by molar-refractivity contribution is 5.64. The Balaban J connectivity index is 1.30. The van der Waals surface area contributed by atoms with Crippen LogP contribution in [-0.2, 0) is 0 Å². The second-order valence-electron chi connectivity index (χ2n) is 7.86. The van der Waals surface area contributed by atoms with Gasteiger partial charge in [-0.25, -0.2) is 15.0 Å². The van der Waals surface area contributed by atoms with E-state index in [2.05, 4.69) is 31.4 Å². The van der Waals surface area contributed by atoms with E-state index in [1.54, 1.807) is 18.6 Å². The van der Waals surface area contributed by atoms with Crippen LogP contribution in [0.25, 0.3) is 11.3 Å². The molecule has 0 spiro atoms. The number of nitriles is 1. The molecule has 2 fully saturated rings. The number of nitrogens with zero attached hydrogens (tertiary/aromatic N) is 6. The summed E-state index contributed by atoms with van der Waals surface area (Å²) in [6.07, 6.45) is 11.5. The van der Waals surface area contributed by atoms with E-state index in [-0.39, 0.29) is 5.41 Å². The van der Waals surface area contributed by atoms with E-state index in [0.29, 0.717) is 24.5 Å². The summed E-state index contributed by atoms with van der Waals surface area (Å²) in [7, 11) is 0. The van der Waals surface area contributed by atoms with Crippen LogP contribution in [0.5, 0.6) is 5.88 Å². The minimum atomic E-state index is -0.308. The lowest BCUT2D eigenvalue weighted by molar-refractivity contribution is 0.259. The summed E-state index contributed by atoms with van der Waals surface area (Å²) >= 11 is 0. The predicted molar refractivity (Wildman–Crippen MR) is 107 cm³/mol. The minimum Gasteiger partial charge on any atom is -0.476 e. The van der Waals surface area contributed by atoms with Crippen molar-refractivity contribution in [1.82, 2.24) is 24.7 Å². The summed E-state index contributed by atoms with van der Waals surface area (Å²) in [6, 6.07) is 6.60. The van der Waals surface area contributed by atoms with Crippen LogP contribution >= 0.6 is 0 Å². The number of nitrogens with one attached hydrogen (secondary N) is 1. The molecule has 0 radical (unpaired) electrons. The number of rotatable bonds is 7. The smallest absolute Gasteiger partial charge is 0.227 e. The molecule has 0 atom stereocenters. The van der Waals surface area contributed by atoms with Crippen molar-refractivity contribution in [1.29, 1.82) is 5.26 Å². The maximum Gasteiger partial charge on any atom is 0.227 e. The number of pyridine rings is 1. The van der Waals surface area contributed by atoms with Gasteiger partial charge in [0.05, 0.1) is 35.1 Å². The molecule has 0 aromatic carbocycles. The van der Waals surface area contributed by atoms with Crippen LogP contribution in [-0.4, -0.2) is 31.3 Å². The lowest BCUT2D eigenvalue weighted by atomic mass is 10.1. The van der Waals surface area contributed by atoms with Gasteiger partial charge in [-0.1, -0.05) is 0 Å². The maximum atomic E-state index is 9.15. The number of aryl methyl sites for hydroxylation is 1. The van der Waals surface area contributed by atoms with Gasteiger partial charge in [-0.3, -0.25) is 4.68 Å².